The summed E-state index contributed by atoms with van der Waals surface area (Å²) in [6.07, 6.45) is 2.64. The van der Waals surface area contributed by atoms with Crippen LogP contribution in [0, 0.1) is 20.8 Å². The number of aryl methyl sites for hydroxylation is 2. The molecule has 0 radical (unpaired) electrons. The number of thiophene rings is 1. The minimum atomic E-state index is -0.549. The average Bonchev–Trinajstić information content (AvgIpc) is 2.90. The number of unbranched alkanes of at least 4 members (excludes halogenated alkanes) is 1. The molecule has 0 saturated heterocycles. The van der Waals surface area contributed by atoms with Crippen LogP contribution in [-0.4, -0.2) is 18.4 Å². The number of nitrogens with one attached hydrogen (secondary N) is 1. The number of carbonyl (C=O) groups excluding carboxylic acids is 2. The molecule has 7 heteroatoms. The highest BCUT2D eigenvalue weighted by atomic mass is 79.9. The number of nitrogens with two attached hydrogens (primary N) is 1. The molecule has 2 rings (SSSR count). The molecule has 27 heavy (non-hydrogen) atoms. The number of amides is 2. The van der Waals surface area contributed by atoms with Crippen LogP contribution in [0.2, 0.25) is 0 Å². The summed E-state index contributed by atoms with van der Waals surface area (Å²) >= 11 is 4.74. The molecule has 1 aromatic carbocycles. The van der Waals surface area contributed by atoms with Crippen molar-refractivity contribution in [1.82, 2.24) is 0 Å². The third-order valence-corrected chi connectivity index (χ3v) is 5.90. The van der Waals surface area contributed by atoms with Gasteiger partial charge >= 0.3 is 0 Å². The van der Waals surface area contributed by atoms with E-state index in [2.05, 4.69) is 35.1 Å². The van der Waals surface area contributed by atoms with E-state index in [1.165, 1.54) is 24.2 Å². The topological polar surface area (TPSA) is 81.4 Å². The second kappa shape index (κ2) is 11.1. The van der Waals surface area contributed by atoms with Crippen LogP contribution in [0.1, 0.15) is 53.1 Å². The molecule has 2 amide bonds. The maximum atomic E-state index is 12.0. The highest BCUT2D eigenvalue weighted by Gasteiger charge is 2.19. The van der Waals surface area contributed by atoms with Gasteiger partial charge in [0.15, 0.2) is 6.61 Å². The first kappa shape index (κ1) is 23.2. The summed E-state index contributed by atoms with van der Waals surface area (Å²) in [6.45, 7) is 9.84. The molecule has 0 aliphatic carbocycles. The molecular weight excluding hydrogens is 428 g/mol. The van der Waals surface area contributed by atoms with Crippen molar-refractivity contribution < 1.29 is 14.3 Å². The normalized spacial score (nSPS) is 10.0. The number of anilines is 1. The Labute approximate surface area is 173 Å². The molecule has 0 aliphatic rings. The van der Waals surface area contributed by atoms with Crippen molar-refractivity contribution in [2.45, 2.75) is 47.5 Å². The Bertz CT molecular complexity index is 801. The summed E-state index contributed by atoms with van der Waals surface area (Å²) in [5, 5.41) is 3.16. The van der Waals surface area contributed by atoms with E-state index >= 15 is 0 Å². The van der Waals surface area contributed by atoms with Crippen molar-refractivity contribution in [3.63, 3.8) is 0 Å². The highest BCUT2D eigenvalue weighted by molar-refractivity contribution is 9.10. The number of ether oxygens (including phenoxy) is 1. The quantitative estimate of drug-likeness (QED) is 0.616. The summed E-state index contributed by atoms with van der Waals surface area (Å²) in [4.78, 5) is 24.5. The summed E-state index contributed by atoms with van der Waals surface area (Å²) in [6, 6.07) is 5.48. The molecule has 0 saturated carbocycles. The third kappa shape index (κ3) is 6.99. The van der Waals surface area contributed by atoms with E-state index in [0.717, 1.165) is 20.5 Å². The van der Waals surface area contributed by atoms with E-state index in [9.17, 15) is 9.59 Å². The molecule has 0 atom stereocenters. The first-order chi connectivity index (χ1) is 12.7. The number of rotatable bonds is 6. The van der Waals surface area contributed by atoms with E-state index < -0.39 is 5.91 Å². The van der Waals surface area contributed by atoms with Gasteiger partial charge in [0.25, 0.3) is 11.8 Å². The minimum Gasteiger partial charge on any atom is -0.484 e. The fourth-order valence-electron chi connectivity index (χ4n) is 2.03. The van der Waals surface area contributed by atoms with Crippen molar-refractivity contribution in [2.24, 2.45) is 5.73 Å². The van der Waals surface area contributed by atoms with Gasteiger partial charge in [-0.05, 0) is 50.1 Å². The molecule has 148 valence electrons. The Morgan fingerprint density at radius 1 is 1.19 bits per heavy atom. The van der Waals surface area contributed by atoms with E-state index in [4.69, 9.17) is 10.5 Å². The smallest absolute Gasteiger partial charge is 0.262 e. The van der Waals surface area contributed by atoms with Crippen molar-refractivity contribution in [1.29, 1.82) is 0 Å². The van der Waals surface area contributed by atoms with Gasteiger partial charge in [0, 0.05) is 9.35 Å². The lowest BCUT2D eigenvalue weighted by Crippen LogP contribution is -2.22. The van der Waals surface area contributed by atoms with Gasteiger partial charge in [-0.3, -0.25) is 9.59 Å². The van der Waals surface area contributed by atoms with Crippen LogP contribution in [-0.2, 0) is 4.79 Å². The molecule has 2 aromatic rings. The van der Waals surface area contributed by atoms with Gasteiger partial charge < -0.3 is 15.8 Å². The predicted octanol–water partition coefficient (Wildman–Crippen LogP) is 5.36. The second-order valence-corrected chi connectivity index (χ2v) is 8.18. The van der Waals surface area contributed by atoms with Crippen LogP contribution >= 0.6 is 27.3 Å². The van der Waals surface area contributed by atoms with Crippen molar-refractivity contribution in [3.05, 3.63) is 44.2 Å². The first-order valence-corrected chi connectivity index (χ1v) is 10.4. The monoisotopic (exact) mass is 454 g/mol. The number of hydrogen-bond acceptors (Lipinski definition) is 4. The molecule has 1 heterocycles. The molecule has 1 aromatic heterocycles. The molecule has 0 unspecified atom stereocenters. The fraction of sp³-hybridized carbons (Fsp3) is 0.400. The SMILES string of the molecule is CCCC.Cc1cc(OCC(=O)Nc2sc(C)c(C)c2C(N)=O)ccc1Br. The summed E-state index contributed by atoms with van der Waals surface area (Å²) < 4.78 is 6.45. The van der Waals surface area contributed by atoms with Crippen LogP contribution in [0.5, 0.6) is 5.75 Å². The lowest BCUT2D eigenvalue weighted by Gasteiger charge is -2.08. The molecule has 0 fully saturated rings. The molecule has 3 N–H and O–H groups in total. The molecule has 0 aliphatic heterocycles. The lowest BCUT2D eigenvalue weighted by atomic mass is 10.1. The van der Waals surface area contributed by atoms with Crippen LogP contribution in [0.15, 0.2) is 22.7 Å². The largest absolute Gasteiger partial charge is 0.484 e. The summed E-state index contributed by atoms with van der Waals surface area (Å²) in [5.74, 6) is -0.282. The van der Waals surface area contributed by atoms with Gasteiger partial charge in [0.1, 0.15) is 10.8 Å². The van der Waals surface area contributed by atoms with Gasteiger partial charge in [-0.15, -0.1) is 11.3 Å². The zero-order chi connectivity index (χ0) is 20.6. The molecule has 5 nitrogen and oxygen atoms in total. The Kier molecular flexibility index (Phi) is 9.52. The van der Waals surface area contributed by atoms with Gasteiger partial charge in [-0.1, -0.05) is 42.6 Å². The van der Waals surface area contributed by atoms with E-state index in [1.54, 1.807) is 6.07 Å². The summed E-state index contributed by atoms with van der Waals surface area (Å²) in [5.41, 5.74) is 7.55. The molecule has 0 spiro atoms. The van der Waals surface area contributed by atoms with E-state index in [-0.39, 0.29) is 12.5 Å². The maximum absolute atomic E-state index is 12.0. The molecular formula is C20H27BrN2O3S. The van der Waals surface area contributed by atoms with Crippen LogP contribution in [0.3, 0.4) is 0 Å². The van der Waals surface area contributed by atoms with Crippen LogP contribution < -0.4 is 15.8 Å². The van der Waals surface area contributed by atoms with Crippen molar-refractivity contribution >= 4 is 44.1 Å². The highest BCUT2D eigenvalue weighted by Crippen LogP contribution is 2.32. The number of carbonyl (C=O) groups is 2. The Balaban J connectivity index is 0.000000828. The summed E-state index contributed by atoms with van der Waals surface area (Å²) in [7, 11) is 0. The maximum Gasteiger partial charge on any atom is 0.262 e. The fourth-order valence-corrected chi connectivity index (χ4v) is 3.36. The van der Waals surface area contributed by atoms with Crippen molar-refractivity contribution in [2.75, 3.05) is 11.9 Å². The molecule has 0 bridgehead atoms. The van der Waals surface area contributed by atoms with Crippen LogP contribution in [0.25, 0.3) is 0 Å². The first-order valence-electron chi connectivity index (χ1n) is 8.79. The zero-order valence-corrected chi connectivity index (χ0v) is 18.8. The van der Waals surface area contributed by atoms with E-state index in [0.29, 0.717) is 16.3 Å². The Morgan fingerprint density at radius 2 is 1.81 bits per heavy atom. The number of benzene rings is 1. The second-order valence-electron chi connectivity index (χ2n) is 6.10. The van der Waals surface area contributed by atoms with Crippen LogP contribution in [0.4, 0.5) is 5.00 Å². The number of hydrogen-bond donors (Lipinski definition) is 2. The van der Waals surface area contributed by atoms with Gasteiger partial charge in [0.2, 0.25) is 0 Å². The number of primary amides is 1. The zero-order valence-electron chi connectivity index (χ0n) is 16.4. The minimum absolute atomic E-state index is 0.144. The third-order valence-electron chi connectivity index (χ3n) is 3.88. The van der Waals surface area contributed by atoms with Crippen molar-refractivity contribution in [3.8, 4) is 5.75 Å². The average molecular weight is 455 g/mol. The number of halogens is 1. The van der Waals surface area contributed by atoms with Gasteiger partial charge in [-0.25, -0.2) is 0 Å². The van der Waals surface area contributed by atoms with E-state index in [1.807, 2.05) is 32.9 Å². The standard InChI is InChI=1S/C16H17BrN2O3S.C4H10/c1-8-6-11(4-5-12(8)17)22-7-13(20)19-16-14(15(18)21)9(2)10(3)23-16;1-3-4-2/h4-6H,7H2,1-3H3,(H2,18,21)(H,19,20);3-4H2,1-2H3. The Morgan fingerprint density at radius 3 is 2.33 bits per heavy atom. The van der Waals surface area contributed by atoms with Gasteiger partial charge in [0.05, 0.1) is 5.56 Å². The predicted molar refractivity (Wildman–Crippen MR) is 116 cm³/mol. The lowest BCUT2D eigenvalue weighted by molar-refractivity contribution is -0.118. The Hall–Kier alpha value is -1.86. The van der Waals surface area contributed by atoms with Gasteiger partial charge in [-0.2, -0.15) is 0 Å².